The normalized spacial score (nSPS) is 19.0. The Morgan fingerprint density at radius 2 is 1.15 bits per heavy atom. The molecular weight excluding hydrogens is 769 g/mol. The minimum absolute atomic E-state index is 0.0184. The van der Waals surface area contributed by atoms with Gasteiger partial charge in [-0.15, -0.1) is 0 Å². The molecule has 3 fully saturated rings. The van der Waals surface area contributed by atoms with E-state index in [0.29, 0.717) is 41.7 Å². The van der Waals surface area contributed by atoms with Crippen LogP contribution in [0.25, 0.3) is 11.3 Å². The highest BCUT2D eigenvalue weighted by molar-refractivity contribution is 5.55. The zero-order valence-corrected chi connectivity index (χ0v) is 36.7. The maximum atomic E-state index is 6.20. The van der Waals surface area contributed by atoms with Gasteiger partial charge < -0.3 is 35.5 Å². The Kier molecular flexibility index (Phi) is 13.1. The molecule has 1 saturated carbocycles. The van der Waals surface area contributed by atoms with Crippen LogP contribution in [-0.4, -0.2) is 84.7 Å². The summed E-state index contributed by atoms with van der Waals surface area (Å²) in [6.45, 7) is 16.6. The molecule has 6 aromatic rings. The predicted molar refractivity (Wildman–Crippen MR) is 238 cm³/mol. The molecule has 324 valence electrons. The van der Waals surface area contributed by atoms with Gasteiger partial charge in [-0.05, 0) is 112 Å². The number of methoxy groups -OCH3 is 1. The fourth-order valence-electron chi connectivity index (χ4n) is 8.11. The van der Waals surface area contributed by atoms with Crippen molar-refractivity contribution in [3.63, 3.8) is 0 Å². The van der Waals surface area contributed by atoms with E-state index in [1.165, 1.54) is 24.0 Å². The summed E-state index contributed by atoms with van der Waals surface area (Å²) in [7, 11) is 1.67. The van der Waals surface area contributed by atoms with Gasteiger partial charge in [-0.2, -0.15) is 39.2 Å². The minimum atomic E-state index is 0.0184. The maximum Gasteiger partial charge on any atom is 0.322 e. The quantitative estimate of drug-likeness (QED) is 0.0837. The SMILES string of the molecule is CC(C)c1cnn2c(NC(C)c3ccccc3C3CC3)nc(OC3CCCNC3)nc12.COc1ccc(C(C)Nc2nc(OC3CCCNC3)nc3c(C(C)C)cnn23)cc1. The molecule has 61 heavy (non-hydrogen) atoms. The van der Waals surface area contributed by atoms with Gasteiger partial charge in [-0.25, -0.2) is 0 Å². The van der Waals surface area contributed by atoms with E-state index in [4.69, 9.17) is 29.2 Å². The summed E-state index contributed by atoms with van der Waals surface area (Å²) >= 11 is 0. The van der Waals surface area contributed by atoms with E-state index in [9.17, 15) is 0 Å². The fraction of sp³-hybridized carbons (Fsp3) is 0.522. The second-order valence-electron chi connectivity index (χ2n) is 17.2. The summed E-state index contributed by atoms with van der Waals surface area (Å²) in [5.41, 5.74) is 7.66. The van der Waals surface area contributed by atoms with E-state index in [0.717, 1.165) is 85.6 Å². The number of nitrogens with one attached hydrogen (secondary N) is 4. The van der Waals surface area contributed by atoms with Crippen LogP contribution in [0.2, 0.25) is 0 Å². The van der Waals surface area contributed by atoms with E-state index in [-0.39, 0.29) is 24.3 Å². The molecular formula is C46H62N12O3. The Balaban J connectivity index is 0.000000169. The average molecular weight is 831 g/mol. The lowest BCUT2D eigenvalue weighted by atomic mass is 9.98. The summed E-state index contributed by atoms with van der Waals surface area (Å²) in [6, 6.07) is 17.7. The Labute approximate surface area is 358 Å². The topological polar surface area (TPSA) is 162 Å². The van der Waals surface area contributed by atoms with Crippen LogP contribution in [0.3, 0.4) is 0 Å². The van der Waals surface area contributed by atoms with Crippen LogP contribution in [0.15, 0.2) is 60.9 Å². The van der Waals surface area contributed by atoms with E-state index < -0.39 is 0 Å². The molecule has 15 nitrogen and oxygen atoms in total. The molecule has 0 radical (unpaired) electrons. The zero-order chi connectivity index (χ0) is 42.5. The number of benzene rings is 2. The molecule has 15 heteroatoms. The van der Waals surface area contributed by atoms with Gasteiger partial charge >= 0.3 is 12.0 Å². The molecule has 2 aromatic carbocycles. The monoisotopic (exact) mass is 831 g/mol. The third-order valence-electron chi connectivity index (χ3n) is 11.8. The third-order valence-corrected chi connectivity index (χ3v) is 11.8. The molecule has 4 N–H and O–H groups in total. The molecule has 2 aliphatic heterocycles. The first-order chi connectivity index (χ1) is 29.6. The molecule has 6 heterocycles. The van der Waals surface area contributed by atoms with E-state index in [1.807, 2.05) is 41.2 Å². The van der Waals surface area contributed by atoms with Crippen LogP contribution in [0.5, 0.6) is 17.8 Å². The number of fused-ring (bicyclic) bond motifs is 2. The maximum absolute atomic E-state index is 6.20. The van der Waals surface area contributed by atoms with Gasteiger partial charge in [0.15, 0.2) is 11.3 Å². The van der Waals surface area contributed by atoms with Gasteiger partial charge in [0.05, 0.1) is 31.6 Å². The lowest BCUT2D eigenvalue weighted by molar-refractivity contribution is 0.153. The van der Waals surface area contributed by atoms with E-state index in [2.05, 4.69) is 102 Å². The van der Waals surface area contributed by atoms with Gasteiger partial charge in [0.25, 0.3) is 0 Å². The van der Waals surface area contributed by atoms with Crippen LogP contribution in [0, 0.1) is 0 Å². The summed E-state index contributed by atoms with van der Waals surface area (Å²) in [5, 5.41) is 23.0. The van der Waals surface area contributed by atoms with Gasteiger partial charge in [0.2, 0.25) is 11.9 Å². The smallest absolute Gasteiger partial charge is 0.322 e. The minimum Gasteiger partial charge on any atom is -0.497 e. The first-order valence-corrected chi connectivity index (χ1v) is 22.2. The van der Waals surface area contributed by atoms with Gasteiger partial charge in [-0.3, -0.25) is 0 Å². The highest BCUT2D eigenvalue weighted by Gasteiger charge is 2.28. The van der Waals surface area contributed by atoms with Crippen molar-refractivity contribution in [1.29, 1.82) is 0 Å². The zero-order valence-electron chi connectivity index (χ0n) is 36.7. The Bertz CT molecular complexity index is 2360. The number of anilines is 2. The Morgan fingerprint density at radius 3 is 1.62 bits per heavy atom. The molecule has 2 saturated heterocycles. The molecule has 4 unspecified atom stereocenters. The van der Waals surface area contributed by atoms with Crippen molar-refractivity contribution >= 4 is 23.2 Å². The van der Waals surface area contributed by atoms with Crippen molar-refractivity contribution in [3.05, 3.63) is 88.7 Å². The van der Waals surface area contributed by atoms with Crippen molar-refractivity contribution in [2.45, 2.75) is 122 Å². The second-order valence-corrected chi connectivity index (χ2v) is 17.2. The van der Waals surface area contributed by atoms with Crippen LogP contribution in [0.4, 0.5) is 11.9 Å². The molecule has 0 amide bonds. The number of ether oxygens (including phenoxy) is 3. The van der Waals surface area contributed by atoms with Gasteiger partial charge in [-0.1, -0.05) is 64.1 Å². The van der Waals surface area contributed by atoms with Crippen LogP contribution in [-0.2, 0) is 0 Å². The predicted octanol–water partition coefficient (Wildman–Crippen LogP) is 7.99. The number of nitrogens with zero attached hydrogens (tertiary/aromatic N) is 8. The number of rotatable bonds is 14. The summed E-state index contributed by atoms with van der Waals surface area (Å²) in [5.74, 6) is 3.44. The molecule has 1 aliphatic carbocycles. The van der Waals surface area contributed by atoms with Crippen LogP contribution in [0.1, 0.15) is 138 Å². The largest absolute Gasteiger partial charge is 0.497 e. The van der Waals surface area contributed by atoms with Crippen LogP contribution < -0.4 is 35.5 Å². The molecule has 0 spiro atoms. The molecule has 3 aliphatic rings. The van der Waals surface area contributed by atoms with Crippen molar-refractivity contribution in [3.8, 4) is 17.8 Å². The van der Waals surface area contributed by atoms with Gasteiger partial charge in [0, 0.05) is 24.2 Å². The van der Waals surface area contributed by atoms with E-state index in [1.54, 1.807) is 11.6 Å². The number of hydrogen-bond donors (Lipinski definition) is 4. The van der Waals surface area contributed by atoms with Crippen molar-refractivity contribution in [1.82, 2.24) is 49.8 Å². The van der Waals surface area contributed by atoms with Crippen molar-refractivity contribution in [2.24, 2.45) is 0 Å². The molecule has 9 rings (SSSR count). The molecule has 4 aromatic heterocycles. The summed E-state index contributed by atoms with van der Waals surface area (Å²) < 4.78 is 21.2. The average Bonchev–Trinajstić information content (AvgIpc) is 3.88. The van der Waals surface area contributed by atoms with Crippen molar-refractivity contribution in [2.75, 3.05) is 43.9 Å². The van der Waals surface area contributed by atoms with E-state index >= 15 is 0 Å². The van der Waals surface area contributed by atoms with Crippen LogP contribution >= 0.6 is 0 Å². The van der Waals surface area contributed by atoms with Crippen molar-refractivity contribution < 1.29 is 14.2 Å². The number of hydrogen-bond acceptors (Lipinski definition) is 13. The summed E-state index contributed by atoms with van der Waals surface area (Å²) in [6.07, 6.45) is 10.7. The lowest BCUT2D eigenvalue weighted by Crippen LogP contribution is -2.37. The fourth-order valence-corrected chi connectivity index (χ4v) is 8.11. The number of aromatic nitrogens is 8. The van der Waals surface area contributed by atoms with Gasteiger partial charge in [0.1, 0.15) is 18.0 Å². The third kappa shape index (κ3) is 9.99. The molecule has 4 atom stereocenters. The number of piperidine rings is 2. The Hall–Kier alpha value is -5.54. The lowest BCUT2D eigenvalue weighted by Gasteiger charge is -2.23. The summed E-state index contributed by atoms with van der Waals surface area (Å²) in [4.78, 5) is 18.9. The second kappa shape index (κ2) is 19.0. The first-order valence-electron chi connectivity index (χ1n) is 22.2. The highest BCUT2D eigenvalue weighted by atomic mass is 16.5. The Morgan fingerprint density at radius 1 is 0.623 bits per heavy atom. The first kappa shape index (κ1) is 42.2. The highest BCUT2D eigenvalue weighted by Crippen LogP contribution is 2.43. The molecule has 0 bridgehead atoms. The standard InChI is InChI=1S/C24H32N6O.C22H30N6O2/c1-15(2)21-14-26-30-22(21)28-24(31-18-7-6-12-25-13-18)29-23(30)27-16(3)19-8-4-5-9-20(19)17-10-11-17;1-14(2)19-13-24-28-20(19)26-22(30-18-6-5-11-23-12-18)27-21(28)25-15(3)16-7-9-17(29-4)10-8-16/h4-5,8-9,14-18,25H,6-7,10-13H2,1-3H3,(H,27,28,29);7-10,13-15,18,23H,5-6,11-12H2,1-4H3,(H,25,26,27).